The first-order chi connectivity index (χ1) is 15.9. The number of hydrogen-bond donors (Lipinski definition) is 4. The van der Waals surface area contributed by atoms with Crippen molar-refractivity contribution in [2.24, 2.45) is 5.73 Å². The highest BCUT2D eigenvalue weighted by Gasteiger charge is 2.27. The molecule has 0 aliphatic heterocycles. The van der Waals surface area contributed by atoms with Crippen LogP contribution in [0.3, 0.4) is 0 Å². The number of aromatic hydroxyl groups is 1. The van der Waals surface area contributed by atoms with Crippen molar-refractivity contribution >= 4 is 17.9 Å². The van der Waals surface area contributed by atoms with E-state index >= 15 is 0 Å². The van der Waals surface area contributed by atoms with Gasteiger partial charge in [-0.05, 0) is 35.4 Å². The third-order valence-electron chi connectivity index (χ3n) is 4.88. The molecule has 0 radical (unpaired) electrons. The second-order valence-corrected chi connectivity index (χ2v) is 7.42. The average molecular weight is 447 g/mol. The van der Waals surface area contributed by atoms with Gasteiger partial charge < -0.3 is 26.2 Å². The van der Waals surface area contributed by atoms with Crippen LogP contribution in [-0.4, -0.2) is 35.1 Å². The molecule has 3 rings (SSSR count). The maximum Gasteiger partial charge on any atom is 0.413 e. The Morgan fingerprint density at radius 3 is 1.91 bits per heavy atom. The fourth-order valence-electron chi connectivity index (χ4n) is 3.19. The van der Waals surface area contributed by atoms with Crippen LogP contribution >= 0.6 is 0 Å². The molecule has 0 bridgehead atoms. The standard InChI is InChI=1S/C25H25N3O5/c26-23(30)21(15-17-7-3-1-4-8-17)27-24(31)22(16-18-11-13-19(29)14-12-18)28-25(32)33-20-9-5-2-6-10-20/h1-14,21-22,29H,15-16H2,(H2,26,30)(H,27,31)(H,28,32). The monoisotopic (exact) mass is 447 g/mol. The molecule has 3 amide bonds. The molecule has 3 aromatic rings. The van der Waals surface area contributed by atoms with E-state index < -0.39 is 30.0 Å². The van der Waals surface area contributed by atoms with Gasteiger partial charge in [-0.3, -0.25) is 9.59 Å². The normalized spacial score (nSPS) is 12.2. The summed E-state index contributed by atoms with van der Waals surface area (Å²) >= 11 is 0. The number of hydrogen-bond acceptors (Lipinski definition) is 5. The zero-order valence-electron chi connectivity index (χ0n) is 17.8. The highest BCUT2D eigenvalue weighted by molar-refractivity contribution is 5.91. The SMILES string of the molecule is NC(=O)C(Cc1ccccc1)NC(=O)C(Cc1ccc(O)cc1)NC(=O)Oc1ccccc1. The summed E-state index contributed by atoms with van der Waals surface area (Å²) in [6.45, 7) is 0. The van der Waals surface area contributed by atoms with Crippen molar-refractivity contribution < 1.29 is 24.2 Å². The van der Waals surface area contributed by atoms with E-state index in [2.05, 4.69) is 10.6 Å². The van der Waals surface area contributed by atoms with Gasteiger partial charge in [0.2, 0.25) is 11.8 Å². The number of nitrogens with one attached hydrogen (secondary N) is 2. The van der Waals surface area contributed by atoms with Gasteiger partial charge in [0.25, 0.3) is 0 Å². The molecule has 2 atom stereocenters. The molecular weight excluding hydrogens is 422 g/mol. The Kier molecular flexibility index (Phi) is 8.02. The topological polar surface area (TPSA) is 131 Å². The highest BCUT2D eigenvalue weighted by Crippen LogP contribution is 2.13. The number of carbonyl (C=O) groups is 3. The summed E-state index contributed by atoms with van der Waals surface area (Å²) in [6, 6.07) is 21.8. The molecule has 0 aromatic heterocycles. The molecule has 0 saturated heterocycles. The predicted molar refractivity (Wildman–Crippen MR) is 122 cm³/mol. The Bertz CT molecular complexity index is 1070. The molecular formula is C25H25N3O5. The number of nitrogens with two attached hydrogens (primary N) is 1. The number of benzene rings is 3. The Balaban J connectivity index is 1.74. The van der Waals surface area contributed by atoms with Crippen molar-refractivity contribution in [2.45, 2.75) is 24.9 Å². The van der Waals surface area contributed by atoms with Gasteiger partial charge in [0, 0.05) is 12.8 Å². The van der Waals surface area contributed by atoms with E-state index in [1.807, 2.05) is 30.3 Å². The summed E-state index contributed by atoms with van der Waals surface area (Å²) in [7, 11) is 0. The van der Waals surface area contributed by atoms with Gasteiger partial charge in [0.1, 0.15) is 23.6 Å². The molecule has 0 saturated carbocycles. The molecule has 8 nitrogen and oxygen atoms in total. The highest BCUT2D eigenvalue weighted by atomic mass is 16.6. The van der Waals surface area contributed by atoms with Gasteiger partial charge in [0.15, 0.2) is 0 Å². The number of para-hydroxylation sites is 1. The predicted octanol–water partition coefficient (Wildman–Crippen LogP) is 2.30. The lowest BCUT2D eigenvalue weighted by Crippen LogP contribution is -2.54. The summed E-state index contributed by atoms with van der Waals surface area (Å²) in [6.07, 6.45) is -0.506. The maximum atomic E-state index is 13.1. The minimum Gasteiger partial charge on any atom is -0.508 e. The molecule has 0 aliphatic rings. The molecule has 0 aliphatic carbocycles. The molecule has 2 unspecified atom stereocenters. The number of primary amides is 1. The molecule has 0 heterocycles. The number of ether oxygens (including phenoxy) is 1. The van der Waals surface area contributed by atoms with Crippen molar-refractivity contribution in [3.8, 4) is 11.5 Å². The van der Waals surface area contributed by atoms with Crippen molar-refractivity contribution in [3.05, 3.63) is 96.1 Å². The quantitative estimate of drug-likeness (QED) is 0.400. The average Bonchev–Trinajstić information content (AvgIpc) is 2.81. The zero-order valence-corrected chi connectivity index (χ0v) is 17.8. The van der Waals surface area contributed by atoms with Gasteiger partial charge in [0.05, 0.1) is 0 Å². The Labute approximate surface area is 191 Å². The summed E-state index contributed by atoms with van der Waals surface area (Å²) in [5.74, 6) is -0.888. The van der Waals surface area contributed by atoms with Crippen LogP contribution in [0.2, 0.25) is 0 Å². The van der Waals surface area contributed by atoms with Crippen LogP contribution in [0, 0.1) is 0 Å². The smallest absolute Gasteiger partial charge is 0.413 e. The van der Waals surface area contributed by atoms with Gasteiger partial charge in [-0.15, -0.1) is 0 Å². The Morgan fingerprint density at radius 1 is 0.758 bits per heavy atom. The summed E-state index contributed by atoms with van der Waals surface area (Å²) in [5, 5.41) is 14.7. The van der Waals surface area contributed by atoms with E-state index in [-0.39, 0.29) is 18.6 Å². The third kappa shape index (κ3) is 7.39. The third-order valence-corrected chi connectivity index (χ3v) is 4.88. The minimum atomic E-state index is -1.05. The molecule has 0 fully saturated rings. The number of rotatable bonds is 9. The lowest BCUT2D eigenvalue weighted by atomic mass is 10.0. The van der Waals surface area contributed by atoms with Crippen molar-refractivity contribution in [1.82, 2.24) is 10.6 Å². The van der Waals surface area contributed by atoms with Crippen LogP contribution in [0.4, 0.5) is 4.79 Å². The maximum absolute atomic E-state index is 13.1. The molecule has 33 heavy (non-hydrogen) atoms. The van der Waals surface area contributed by atoms with E-state index in [4.69, 9.17) is 10.5 Å². The minimum absolute atomic E-state index is 0.0767. The number of amides is 3. The molecule has 5 N–H and O–H groups in total. The number of carbonyl (C=O) groups excluding carboxylic acids is 3. The fourth-order valence-corrected chi connectivity index (χ4v) is 3.19. The van der Waals surface area contributed by atoms with Gasteiger partial charge in [-0.25, -0.2) is 4.79 Å². The second kappa shape index (κ2) is 11.3. The largest absolute Gasteiger partial charge is 0.508 e. The lowest BCUT2D eigenvalue weighted by Gasteiger charge is -2.22. The van der Waals surface area contributed by atoms with E-state index in [1.165, 1.54) is 12.1 Å². The Hall–Kier alpha value is -4.33. The van der Waals surface area contributed by atoms with E-state index in [0.29, 0.717) is 11.3 Å². The second-order valence-electron chi connectivity index (χ2n) is 7.42. The first-order valence-corrected chi connectivity index (χ1v) is 10.4. The van der Waals surface area contributed by atoms with Crippen LogP contribution in [0.5, 0.6) is 11.5 Å². The summed E-state index contributed by atoms with van der Waals surface area (Å²) < 4.78 is 5.24. The van der Waals surface area contributed by atoms with E-state index in [9.17, 15) is 19.5 Å². The molecule has 8 heteroatoms. The van der Waals surface area contributed by atoms with E-state index in [0.717, 1.165) is 5.56 Å². The Morgan fingerprint density at radius 2 is 1.30 bits per heavy atom. The molecule has 3 aromatic carbocycles. The van der Waals surface area contributed by atoms with Gasteiger partial charge in [-0.2, -0.15) is 0 Å². The van der Waals surface area contributed by atoms with Crippen molar-refractivity contribution in [3.63, 3.8) is 0 Å². The summed E-state index contributed by atoms with van der Waals surface area (Å²) in [5.41, 5.74) is 7.03. The van der Waals surface area contributed by atoms with Crippen LogP contribution in [0.25, 0.3) is 0 Å². The van der Waals surface area contributed by atoms with Crippen LogP contribution in [-0.2, 0) is 22.4 Å². The van der Waals surface area contributed by atoms with E-state index in [1.54, 1.807) is 42.5 Å². The fraction of sp³-hybridized carbons (Fsp3) is 0.160. The van der Waals surface area contributed by atoms with Crippen LogP contribution in [0.15, 0.2) is 84.9 Å². The van der Waals surface area contributed by atoms with Crippen LogP contribution in [0.1, 0.15) is 11.1 Å². The first kappa shape index (κ1) is 23.3. The first-order valence-electron chi connectivity index (χ1n) is 10.4. The number of phenolic OH excluding ortho intramolecular Hbond substituents is 1. The van der Waals surface area contributed by atoms with Gasteiger partial charge >= 0.3 is 6.09 Å². The molecule has 0 spiro atoms. The lowest BCUT2D eigenvalue weighted by molar-refractivity contribution is -0.128. The van der Waals surface area contributed by atoms with Gasteiger partial charge in [-0.1, -0.05) is 60.7 Å². The van der Waals surface area contributed by atoms with Crippen molar-refractivity contribution in [1.29, 1.82) is 0 Å². The van der Waals surface area contributed by atoms with Crippen molar-refractivity contribution in [2.75, 3.05) is 0 Å². The molecule has 170 valence electrons. The number of phenols is 1. The zero-order chi connectivity index (χ0) is 23.6. The summed E-state index contributed by atoms with van der Waals surface area (Å²) in [4.78, 5) is 37.5. The van der Waals surface area contributed by atoms with Crippen LogP contribution < -0.4 is 21.1 Å².